The normalized spacial score (nSPS) is 10.4. The van der Waals surface area contributed by atoms with Gasteiger partial charge in [0.2, 0.25) is 0 Å². The van der Waals surface area contributed by atoms with Gasteiger partial charge < -0.3 is 20.7 Å². The van der Waals surface area contributed by atoms with Gasteiger partial charge in [0.05, 0.1) is 12.7 Å². The Morgan fingerprint density at radius 3 is 2.76 bits per heavy atom. The zero-order chi connectivity index (χ0) is 12.8. The molecule has 0 unspecified atom stereocenters. The van der Waals surface area contributed by atoms with Gasteiger partial charge in [0, 0.05) is 24.5 Å². The summed E-state index contributed by atoms with van der Waals surface area (Å²) in [7, 11) is 5.35. The van der Waals surface area contributed by atoms with Crippen LogP contribution in [-0.4, -0.2) is 45.2 Å². The topological polar surface area (TPSA) is 67.6 Å². The Kier molecular flexibility index (Phi) is 4.78. The molecule has 1 aromatic carbocycles. The fourth-order valence-corrected chi connectivity index (χ4v) is 1.38. The molecule has 0 saturated heterocycles. The minimum absolute atomic E-state index is 0.391. The SMILES string of the molecule is COC(=O)c1cc(NCCN(C)C)ccc1N. The molecule has 0 saturated carbocycles. The van der Waals surface area contributed by atoms with Crippen molar-refractivity contribution in [1.29, 1.82) is 0 Å². The number of methoxy groups -OCH3 is 1. The summed E-state index contributed by atoms with van der Waals surface area (Å²) < 4.78 is 4.66. The van der Waals surface area contributed by atoms with Gasteiger partial charge >= 0.3 is 5.97 Å². The number of hydrogen-bond donors (Lipinski definition) is 2. The molecule has 94 valence electrons. The van der Waals surface area contributed by atoms with Gasteiger partial charge in [0.1, 0.15) is 0 Å². The second-order valence-electron chi connectivity index (χ2n) is 4.02. The summed E-state index contributed by atoms with van der Waals surface area (Å²) in [6.07, 6.45) is 0. The summed E-state index contributed by atoms with van der Waals surface area (Å²) in [4.78, 5) is 13.5. The third-order valence-corrected chi connectivity index (χ3v) is 2.35. The van der Waals surface area contributed by atoms with Crippen LogP contribution in [0.15, 0.2) is 18.2 Å². The van der Waals surface area contributed by atoms with Crippen molar-refractivity contribution in [3.05, 3.63) is 23.8 Å². The molecule has 1 aromatic rings. The largest absolute Gasteiger partial charge is 0.465 e. The lowest BCUT2D eigenvalue weighted by Gasteiger charge is -2.12. The molecule has 0 atom stereocenters. The van der Waals surface area contributed by atoms with Crippen molar-refractivity contribution >= 4 is 17.3 Å². The molecule has 0 heterocycles. The summed E-state index contributed by atoms with van der Waals surface area (Å²) >= 11 is 0. The Balaban J connectivity index is 2.71. The second kappa shape index (κ2) is 6.10. The number of likely N-dealkylation sites (N-methyl/N-ethyl adjacent to an activating group) is 1. The summed E-state index contributed by atoms with van der Waals surface area (Å²) in [5, 5.41) is 3.22. The highest BCUT2D eigenvalue weighted by molar-refractivity contribution is 5.96. The summed E-state index contributed by atoms with van der Waals surface area (Å²) in [5.41, 5.74) is 7.39. The maximum Gasteiger partial charge on any atom is 0.340 e. The Morgan fingerprint density at radius 2 is 2.18 bits per heavy atom. The number of nitrogens with one attached hydrogen (secondary N) is 1. The standard InChI is InChI=1S/C12H19N3O2/c1-15(2)7-6-14-9-4-5-11(13)10(8-9)12(16)17-3/h4-5,8,14H,6-7,13H2,1-3H3. The average molecular weight is 237 g/mol. The number of carbonyl (C=O) groups excluding carboxylic acids is 1. The van der Waals surface area contributed by atoms with Gasteiger partial charge in [-0.2, -0.15) is 0 Å². The highest BCUT2D eigenvalue weighted by Gasteiger charge is 2.10. The lowest BCUT2D eigenvalue weighted by atomic mass is 10.1. The number of benzene rings is 1. The highest BCUT2D eigenvalue weighted by atomic mass is 16.5. The van der Waals surface area contributed by atoms with E-state index in [1.165, 1.54) is 7.11 Å². The third-order valence-electron chi connectivity index (χ3n) is 2.35. The molecular formula is C12H19N3O2. The molecule has 5 nitrogen and oxygen atoms in total. The van der Waals surface area contributed by atoms with Gasteiger partial charge in [-0.3, -0.25) is 0 Å². The summed E-state index contributed by atoms with van der Waals surface area (Å²) in [6.45, 7) is 1.72. The molecule has 0 amide bonds. The van der Waals surface area contributed by atoms with Crippen LogP contribution in [0.2, 0.25) is 0 Å². The molecule has 0 fully saturated rings. The molecule has 0 spiro atoms. The van der Waals surface area contributed by atoms with E-state index in [4.69, 9.17) is 5.73 Å². The van der Waals surface area contributed by atoms with E-state index in [1.54, 1.807) is 12.1 Å². The van der Waals surface area contributed by atoms with Gasteiger partial charge in [-0.1, -0.05) is 0 Å². The number of rotatable bonds is 5. The van der Waals surface area contributed by atoms with Crippen molar-refractivity contribution in [2.45, 2.75) is 0 Å². The zero-order valence-corrected chi connectivity index (χ0v) is 10.5. The van der Waals surface area contributed by atoms with Crippen LogP contribution in [0.1, 0.15) is 10.4 Å². The van der Waals surface area contributed by atoms with Crippen molar-refractivity contribution < 1.29 is 9.53 Å². The number of ether oxygens (including phenoxy) is 1. The molecule has 3 N–H and O–H groups in total. The van der Waals surface area contributed by atoms with Crippen molar-refractivity contribution in [2.24, 2.45) is 0 Å². The van der Waals surface area contributed by atoms with Crippen molar-refractivity contribution in [3.8, 4) is 0 Å². The van der Waals surface area contributed by atoms with Crippen LogP contribution in [-0.2, 0) is 4.74 Å². The van der Waals surface area contributed by atoms with E-state index >= 15 is 0 Å². The number of nitrogen functional groups attached to an aromatic ring is 1. The molecule has 17 heavy (non-hydrogen) atoms. The van der Waals surface area contributed by atoms with Crippen LogP contribution in [0.5, 0.6) is 0 Å². The quantitative estimate of drug-likeness (QED) is 0.591. The highest BCUT2D eigenvalue weighted by Crippen LogP contribution is 2.18. The number of nitrogens with two attached hydrogens (primary N) is 1. The first-order valence-electron chi connectivity index (χ1n) is 5.41. The third kappa shape index (κ3) is 3.96. The van der Waals surface area contributed by atoms with Gasteiger partial charge in [0.15, 0.2) is 0 Å². The molecule has 0 bridgehead atoms. The zero-order valence-electron chi connectivity index (χ0n) is 10.5. The van der Waals surface area contributed by atoms with Crippen molar-refractivity contribution in [3.63, 3.8) is 0 Å². The number of hydrogen-bond acceptors (Lipinski definition) is 5. The minimum Gasteiger partial charge on any atom is -0.465 e. The molecule has 1 rings (SSSR count). The molecule has 0 radical (unpaired) electrons. The first kappa shape index (κ1) is 13.3. The fourth-order valence-electron chi connectivity index (χ4n) is 1.38. The first-order chi connectivity index (χ1) is 8.04. The van der Waals surface area contributed by atoms with Crippen LogP contribution in [0.3, 0.4) is 0 Å². The van der Waals surface area contributed by atoms with Crippen LogP contribution in [0.25, 0.3) is 0 Å². The summed E-state index contributed by atoms with van der Waals surface area (Å²) in [6, 6.07) is 5.25. The number of esters is 1. The molecular weight excluding hydrogens is 218 g/mol. The maximum absolute atomic E-state index is 11.4. The maximum atomic E-state index is 11.4. The van der Waals surface area contributed by atoms with E-state index in [-0.39, 0.29) is 0 Å². The van der Waals surface area contributed by atoms with Crippen molar-refractivity contribution in [1.82, 2.24) is 4.90 Å². The van der Waals surface area contributed by atoms with Gasteiger partial charge in [-0.15, -0.1) is 0 Å². The lowest BCUT2D eigenvalue weighted by molar-refractivity contribution is 0.0602. The number of carbonyl (C=O) groups is 1. The Labute approximate surface area is 102 Å². The van der Waals surface area contributed by atoms with E-state index in [9.17, 15) is 4.79 Å². The first-order valence-corrected chi connectivity index (χ1v) is 5.41. The summed E-state index contributed by atoms with van der Waals surface area (Å²) in [5.74, 6) is -0.418. The predicted octanol–water partition coefficient (Wildman–Crippen LogP) is 1.03. The van der Waals surface area contributed by atoms with Crippen LogP contribution in [0.4, 0.5) is 11.4 Å². The van der Waals surface area contributed by atoms with Crippen molar-refractivity contribution in [2.75, 3.05) is 45.3 Å². The Hall–Kier alpha value is -1.75. The van der Waals surface area contributed by atoms with E-state index in [2.05, 4.69) is 15.0 Å². The number of nitrogens with zero attached hydrogens (tertiary/aromatic N) is 1. The van der Waals surface area contributed by atoms with Crippen LogP contribution >= 0.6 is 0 Å². The monoisotopic (exact) mass is 237 g/mol. The van der Waals surface area contributed by atoms with E-state index in [1.807, 2.05) is 20.2 Å². The fraction of sp³-hybridized carbons (Fsp3) is 0.417. The molecule has 0 aromatic heterocycles. The molecule has 0 aliphatic rings. The van der Waals surface area contributed by atoms with E-state index in [0.717, 1.165) is 18.8 Å². The van der Waals surface area contributed by atoms with Gasteiger partial charge in [-0.05, 0) is 32.3 Å². The Morgan fingerprint density at radius 1 is 1.47 bits per heavy atom. The predicted molar refractivity (Wildman–Crippen MR) is 69.2 cm³/mol. The van der Waals surface area contributed by atoms with Crippen LogP contribution in [0, 0.1) is 0 Å². The van der Waals surface area contributed by atoms with Gasteiger partial charge in [-0.25, -0.2) is 4.79 Å². The molecule has 0 aliphatic heterocycles. The van der Waals surface area contributed by atoms with Gasteiger partial charge in [0.25, 0.3) is 0 Å². The lowest BCUT2D eigenvalue weighted by Crippen LogP contribution is -2.21. The molecule has 0 aliphatic carbocycles. The van der Waals surface area contributed by atoms with Crippen LogP contribution < -0.4 is 11.1 Å². The number of anilines is 2. The average Bonchev–Trinajstić information content (AvgIpc) is 2.30. The second-order valence-corrected chi connectivity index (χ2v) is 4.02. The molecule has 5 heteroatoms. The smallest absolute Gasteiger partial charge is 0.340 e. The van der Waals surface area contributed by atoms with E-state index < -0.39 is 5.97 Å². The van der Waals surface area contributed by atoms with E-state index in [0.29, 0.717) is 11.3 Å². The minimum atomic E-state index is -0.418. The Bertz CT molecular complexity index is 391.